The summed E-state index contributed by atoms with van der Waals surface area (Å²) in [6.07, 6.45) is 3.78. The minimum absolute atomic E-state index is 0.249. The number of nitrogens with zero attached hydrogens (tertiary/aromatic N) is 1. The van der Waals surface area contributed by atoms with Crippen LogP contribution in [0.3, 0.4) is 0 Å². The minimum Gasteiger partial charge on any atom is -0.321 e. The summed E-state index contributed by atoms with van der Waals surface area (Å²) in [6.45, 7) is 0. The molecule has 2 N–H and O–H groups in total. The number of hydrogen-bond acceptors (Lipinski definition) is 3. The molecule has 18 heavy (non-hydrogen) atoms. The standard InChI is InChI=1S/C12H11N3O2S/c16-12(9-6-13-14-7-9)15-10-3-1-2-8-4-5-18(17)11(8)10/h1-3,6-7H,4-5H2,(H,13,14)(H,15,16). The van der Waals surface area contributed by atoms with Crippen LogP contribution in [-0.2, 0) is 17.2 Å². The first kappa shape index (κ1) is 11.2. The number of aromatic amines is 1. The number of H-pyrrole nitrogens is 1. The predicted molar refractivity (Wildman–Crippen MR) is 68.0 cm³/mol. The Labute approximate surface area is 106 Å². The molecule has 0 saturated carbocycles. The van der Waals surface area contributed by atoms with Crippen molar-refractivity contribution < 1.29 is 9.00 Å². The number of rotatable bonds is 2. The van der Waals surface area contributed by atoms with Crippen LogP contribution in [0.25, 0.3) is 0 Å². The van der Waals surface area contributed by atoms with Gasteiger partial charge >= 0.3 is 0 Å². The molecule has 3 rings (SSSR count). The van der Waals surface area contributed by atoms with Crippen LogP contribution in [0.1, 0.15) is 15.9 Å². The second-order valence-electron chi connectivity index (χ2n) is 4.03. The first-order chi connectivity index (χ1) is 8.75. The van der Waals surface area contributed by atoms with Crippen molar-refractivity contribution in [1.82, 2.24) is 10.2 Å². The minimum atomic E-state index is -1.01. The van der Waals surface area contributed by atoms with Crippen molar-refractivity contribution in [1.29, 1.82) is 0 Å². The molecule has 0 spiro atoms. The van der Waals surface area contributed by atoms with Crippen LogP contribution in [0.4, 0.5) is 5.69 Å². The number of fused-ring (bicyclic) bond motifs is 1. The summed E-state index contributed by atoms with van der Waals surface area (Å²) < 4.78 is 11.9. The van der Waals surface area contributed by atoms with E-state index in [1.165, 1.54) is 12.4 Å². The summed E-state index contributed by atoms with van der Waals surface area (Å²) in [5, 5.41) is 9.10. The predicted octanol–water partition coefficient (Wildman–Crippen LogP) is 1.33. The molecule has 0 radical (unpaired) electrons. The largest absolute Gasteiger partial charge is 0.321 e. The fourth-order valence-corrected chi connectivity index (χ4v) is 3.46. The van der Waals surface area contributed by atoms with Crippen LogP contribution >= 0.6 is 0 Å². The van der Waals surface area contributed by atoms with E-state index in [0.717, 1.165) is 16.9 Å². The van der Waals surface area contributed by atoms with E-state index in [4.69, 9.17) is 0 Å². The number of nitrogens with one attached hydrogen (secondary N) is 2. The van der Waals surface area contributed by atoms with Crippen molar-refractivity contribution in [3.63, 3.8) is 0 Å². The van der Waals surface area contributed by atoms with Gasteiger partial charge in [0.05, 0.1) is 33.1 Å². The van der Waals surface area contributed by atoms with Gasteiger partial charge in [0.15, 0.2) is 0 Å². The molecule has 2 heterocycles. The summed E-state index contributed by atoms with van der Waals surface area (Å²) in [5.74, 6) is 0.384. The van der Waals surface area contributed by atoms with Gasteiger partial charge in [-0.2, -0.15) is 5.10 Å². The number of anilines is 1. The molecule has 1 unspecified atom stereocenters. The lowest BCUT2D eigenvalue weighted by Gasteiger charge is -2.08. The maximum Gasteiger partial charge on any atom is 0.258 e. The Balaban J connectivity index is 1.93. The summed E-state index contributed by atoms with van der Waals surface area (Å²) in [7, 11) is -1.01. The molecule has 1 atom stereocenters. The van der Waals surface area contributed by atoms with Gasteiger partial charge in [-0.1, -0.05) is 12.1 Å². The molecule has 0 aliphatic carbocycles. The van der Waals surface area contributed by atoms with Crippen molar-refractivity contribution in [3.8, 4) is 0 Å². The van der Waals surface area contributed by atoms with E-state index in [9.17, 15) is 9.00 Å². The molecular weight excluding hydrogens is 250 g/mol. The molecular formula is C12H11N3O2S. The molecule has 0 fully saturated rings. The zero-order valence-corrected chi connectivity index (χ0v) is 10.3. The summed E-state index contributed by atoms with van der Waals surface area (Å²) >= 11 is 0. The third-order valence-electron chi connectivity index (χ3n) is 2.89. The number of hydrogen-bond donors (Lipinski definition) is 2. The maximum absolute atomic E-state index is 11.9. The smallest absolute Gasteiger partial charge is 0.258 e. The second kappa shape index (κ2) is 4.38. The average molecular weight is 261 g/mol. The van der Waals surface area contributed by atoms with Gasteiger partial charge in [-0.3, -0.25) is 14.1 Å². The normalized spacial score (nSPS) is 17.4. The highest BCUT2D eigenvalue weighted by atomic mass is 32.2. The molecule has 2 aromatic rings. The first-order valence-corrected chi connectivity index (χ1v) is 6.88. The van der Waals surface area contributed by atoms with E-state index in [-0.39, 0.29) is 5.91 Å². The number of carbonyl (C=O) groups excluding carboxylic acids is 1. The fraction of sp³-hybridized carbons (Fsp3) is 0.167. The quantitative estimate of drug-likeness (QED) is 0.856. The van der Waals surface area contributed by atoms with Crippen LogP contribution < -0.4 is 5.32 Å². The third-order valence-corrected chi connectivity index (χ3v) is 4.40. The fourth-order valence-electron chi connectivity index (χ4n) is 2.02. The average Bonchev–Trinajstić information content (AvgIpc) is 3.00. The van der Waals surface area contributed by atoms with Crippen molar-refractivity contribution in [2.24, 2.45) is 0 Å². The van der Waals surface area contributed by atoms with E-state index in [1.54, 1.807) is 6.07 Å². The van der Waals surface area contributed by atoms with Gasteiger partial charge in [0, 0.05) is 11.9 Å². The Hall–Kier alpha value is -1.95. The number of benzene rings is 1. The molecule has 1 amide bonds. The lowest BCUT2D eigenvalue weighted by molar-refractivity contribution is 0.102. The van der Waals surface area contributed by atoms with Crippen LogP contribution in [0, 0.1) is 0 Å². The summed E-state index contributed by atoms with van der Waals surface area (Å²) in [5.41, 5.74) is 2.14. The molecule has 1 aromatic heterocycles. The van der Waals surface area contributed by atoms with Crippen molar-refractivity contribution >= 4 is 22.4 Å². The highest BCUT2D eigenvalue weighted by molar-refractivity contribution is 7.85. The van der Waals surface area contributed by atoms with E-state index in [1.807, 2.05) is 12.1 Å². The molecule has 1 aromatic carbocycles. The van der Waals surface area contributed by atoms with E-state index in [2.05, 4.69) is 15.5 Å². The lowest BCUT2D eigenvalue weighted by atomic mass is 10.1. The van der Waals surface area contributed by atoms with Crippen molar-refractivity contribution in [2.45, 2.75) is 11.3 Å². The Morgan fingerprint density at radius 2 is 2.33 bits per heavy atom. The second-order valence-corrected chi connectivity index (χ2v) is 5.54. The van der Waals surface area contributed by atoms with Gasteiger partial charge < -0.3 is 5.32 Å². The number of aryl methyl sites for hydroxylation is 1. The number of carbonyl (C=O) groups is 1. The third kappa shape index (κ3) is 1.84. The highest BCUT2D eigenvalue weighted by Crippen LogP contribution is 2.30. The monoisotopic (exact) mass is 261 g/mol. The van der Waals surface area contributed by atoms with Crippen LogP contribution in [-0.4, -0.2) is 26.1 Å². The van der Waals surface area contributed by atoms with Crippen molar-refractivity contribution in [3.05, 3.63) is 41.7 Å². The van der Waals surface area contributed by atoms with E-state index >= 15 is 0 Å². The molecule has 1 aliphatic heterocycles. The van der Waals surface area contributed by atoms with Crippen LogP contribution in [0.2, 0.25) is 0 Å². The number of aromatic nitrogens is 2. The molecule has 6 heteroatoms. The summed E-state index contributed by atoms with van der Waals surface area (Å²) in [4.78, 5) is 12.7. The zero-order valence-electron chi connectivity index (χ0n) is 9.47. The van der Waals surface area contributed by atoms with Crippen LogP contribution in [0.15, 0.2) is 35.5 Å². The maximum atomic E-state index is 11.9. The Morgan fingerprint density at radius 3 is 3.11 bits per heavy atom. The number of amides is 1. The Bertz CT molecular complexity index is 622. The molecule has 92 valence electrons. The van der Waals surface area contributed by atoms with E-state index < -0.39 is 10.8 Å². The van der Waals surface area contributed by atoms with Gasteiger partial charge in [0.1, 0.15) is 0 Å². The van der Waals surface area contributed by atoms with Crippen LogP contribution in [0.5, 0.6) is 0 Å². The van der Waals surface area contributed by atoms with Gasteiger partial charge in [-0.15, -0.1) is 0 Å². The van der Waals surface area contributed by atoms with Crippen molar-refractivity contribution in [2.75, 3.05) is 11.1 Å². The molecule has 5 nitrogen and oxygen atoms in total. The summed E-state index contributed by atoms with van der Waals surface area (Å²) in [6, 6.07) is 5.60. The zero-order chi connectivity index (χ0) is 12.5. The molecule has 0 saturated heterocycles. The van der Waals surface area contributed by atoms with Gasteiger partial charge in [-0.05, 0) is 18.1 Å². The van der Waals surface area contributed by atoms with Gasteiger partial charge in [-0.25, -0.2) is 0 Å². The SMILES string of the molecule is O=C(Nc1cccc2c1S(=O)CC2)c1cn[nH]c1. The lowest BCUT2D eigenvalue weighted by Crippen LogP contribution is -2.12. The van der Waals surface area contributed by atoms with Gasteiger partial charge in [0.25, 0.3) is 5.91 Å². The topological polar surface area (TPSA) is 74.8 Å². The molecule has 1 aliphatic rings. The molecule has 0 bridgehead atoms. The highest BCUT2D eigenvalue weighted by Gasteiger charge is 2.22. The van der Waals surface area contributed by atoms with Gasteiger partial charge in [0.2, 0.25) is 0 Å². The Morgan fingerprint density at radius 1 is 1.44 bits per heavy atom. The Kier molecular flexibility index (Phi) is 2.71. The van der Waals surface area contributed by atoms with E-state index in [0.29, 0.717) is 17.0 Å². The first-order valence-electron chi connectivity index (χ1n) is 5.56.